The molecule has 2 heterocycles. The van der Waals surface area contributed by atoms with Crippen molar-refractivity contribution in [3.63, 3.8) is 0 Å². The van der Waals surface area contributed by atoms with Crippen LogP contribution in [0.1, 0.15) is 21.6 Å². The summed E-state index contributed by atoms with van der Waals surface area (Å²) in [6.07, 6.45) is 1.89. The van der Waals surface area contributed by atoms with Gasteiger partial charge in [-0.3, -0.25) is 10.00 Å². The molecular formula is C19H23N3OS. The molecule has 0 atom stereocenters. The van der Waals surface area contributed by atoms with Crippen LogP contribution >= 0.6 is 11.3 Å². The van der Waals surface area contributed by atoms with Crippen molar-refractivity contribution in [1.29, 1.82) is 0 Å². The van der Waals surface area contributed by atoms with Gasteiger partial charge in [-0.15, -0.1) is 11.3 Å². The van der Waals surface area contributed by atoms with Crippen LogP contribution in [0.3, 0.4) is 0 Å². The van der Waals surface area contributed by atoms with E-state index in [-0.39, 0.29) is 6.61 Å². The van der Waals surface area contributed by atoms with E-state index in [1.807, 2.05) is 6.20 Å². The molecule has 1 aromatic carbocycles. The van der Waals surface area contributed by atoms with Gasteiger partial charge in [-0.1, -0.05) is 18.2 Å². The van der Waals surface area contributed by atoms with Gasteiger partial charge < -0.3 is 5.11 Å². The molecule has 2 N–H and O–H groups in total. The van der Waals surface area contributed by atoms with Crippen LogP contribution in [-0.4, -0.2) is 33.4 Å². The van der Waals surface area contributed by atoms with Crippen LogP contribution in [0.4, 0.5) is 0 Å². The number of aromatic amines is 1. The van der Waals surface area contributed by atoms with Crippen molar-refractivity contribution in [2.45, 2.75) is 26.9 Å². The smallest absolute Gasteiger partial charge is 0.0695 e. The van der Waals surface area contributed by atoms with Gasteiger partial charge in [-0.05, 0) is 42.5 Å². The van der Waals surface area contributed by atoms with E-state index in [2.05, 4.69) is 64.7 Å². The molecule has 0 amide bonds. The topological polar surface area (TPSA) is 52.2 Å². The summed E-state index contributed by atoms with van der Waals surface area (Å²) >= 11 is 1.75. The molecule has 0 saturated heterocycles. The van der Waals surface area contributed by atoms with E-state index in [1.54, 1.807) is 11.3 Å². The zero-order valence-electron chi connectivity index (χ0n) is 14.1. The van der Waals surface area contributed by atoms with E-state index in [9.17, 15) is 5.11 Å². The summed E-state index contributed by atoms with van der Waals surface area (Å²) in [5.41, 5.74) is 5.94. The monoisotopic (exact) mass is 341 g/mol. The number of aryl methyl sites for hydroxylation is 2. The maximum atomic E-state index is 9.39. The molecule has 4 nitrogen and oxygen atoms in total. The van der Waals surface area contributed by atoms with E-state index in [0.717, 1.165) is 29.9 Å². The summed E-state index contributed by atoms with van der Waals surface area (Å²) in [6, 6.07) is 10.7. The predicted molar refractivity (Wildman–Crippen MR) is 99.0 cm³/mol. The summed E-state index contributed by atoms with van der Waals surface area (Å²) in [6.45, 7) is 6.66. The van der Waals surface area contributed by atoms with Gasteiger partial charge in [-0.25, -0.2) is 0 Å². The Labute approximate surface area is 146 Å². The predicted octanol–water partition coefficient (Wildman–Crippen LogP) is 3.75. The molecule has 3 rings (SSSR count). The molecule has 0 aliphatic rings. The minimum atomic E-state index is 0.155. The van der Waals surface area contributed by atoms with Crippen LogP contribution in [-0.2, 0) is 13.1 Å². The van der Waals surface area contributed by atoms with Crippen molar-refractivity contribution < 1.29 is 5.11 Å². The van der Waals surface area contributed by atoms with Gasteiger partial charge in [0.15, 0.2) is 0 Å². The Morgan fingerprint density at radius 2 is 2.04 bits per heavy atom. The van der Waals surface area contributed by atoms with Crippen LogP contribution < -0.4 is 0 Å². The Hall–Kier alpha value is -1.95. The lowest BCUT2D eigenvalue weighted by atomic mass is 10.0. The Morgan fingerprint density at radius 3 is 2.75 bits per heavy atom. The number of H-pyrrole nitrogens is 1. The van der Waals surface area contributed by atoms with Gasteiger partial charge in [0.25, 0.3) is 0 Å². The van der Waals surface area contributed by atoms with Crippen molar-refractivity contribution in [1.82, 2.24) is 15.1 Å². The fraction of sp³-hybridized carbons (Fsp3) is 0.316. The summed E-state index contributed by atoms with van der Waals surface area (Å²) in [7, 11) is 0. The molecule has 0 spiro atoms. The molecule has 0 radical (unpaired) electrons. The molecule has 126 valence electrons. The van der Waals surface area contributed by atoms with E-state index in [0.29, 0.717) is 6.54 Å². The van der Waals surface area contributed by atoms with Gasteiger partial charge >= 0.3 is 0 Å². The zero-order chi connectivity index (χ0) is 16.9. The zero-order valence-corrected chi connectivity index (χ0v) is 14.9. The van der Waals surface area contributed by atoms with Crippen LogP contribution in [0, 0.1) is 13.8 Å². The second-order valence-electron chi connectivity index (χ2n) is 6.08. The molecule has 0 aliphatic carbocycles. The second-order valence-corrected chi connectivity index (χ2v) is 7.12. The number of rotatable bonds is 7. The van der Waals surface area contributed by atoms with E-state index in [4.69, 9.17) is 0 Å². The second kappa shape index (κ2) is 7.75. The fourth-order valence-corrected chi connectivity index (χ4v) is 3.54. The van der Waals surface area contributed by atoms with Crippen molar-refractivity contribution >= 4 is 11.3 Å². The average Bonchev–Trinajstić information content (AvgIpc) is 3.22. The molecule has 0 saturated carbocycles. The molecule has 0 aliphatic heterocycles. The average molecular weight is 341 g/mol. The summed E-state index contributed by atoms with van der Waals surface area (Å²) in [5.74, 6) is 0. The highest BCUT2D eigenvalue weighted by Crippen LogP contribution is 2.25. The largest absolute Gasteiger partial charge is 0.395 e. The van der Waals surface area contributed by atoms with Gasteiger partial charge in [0, 0.05) is 35.6 Å². The summed E-state index contributed by atoms with van der Waals surface area (Å²) < 4.78 is 0. The first-order valence-corrected chi connectivity index (χ1v) is 9.01. The minimum absolute atomic E-state index is 0.155. The molecule has 24 heavy (non-hydrogen) atoms. The highest BCUT2D eigenvalue weighted by molar-refractivity contribution is 7.09. The number of aromatic nitrogens is 2. The Morgan fingerprint density at radius 1 is 1.17 bits per heavy atom. The Bertz CT molecular complexity index is 780. The van der Waals surface area contributed by atoms with E-state index in [1.165, 1.54) is 16.0 Å². The van der Waals surface area contributed by atoms with Crippen LogP contribution in [0.15, 0.2) is 41.9 Å². The van der Waals surface area contributed by atoms with E-state index < -0.39 is 0 Å². The van der Waals surface area contributed by atoms with Crippen molar-refractivity contribution in [3.05, 3.63) is 63.5 Å². The molecular weight excluding hydrogens is 318 g/mol. The maximum Gasteiger partial charge on any atom is 0.0695 e. The van der Waals surface area contributed by atoms with Gasteiger partial charge in [0.1, 0.15) is 0 Å². The van der Waals surface area contributed by atoms with Crippen LogP contribution in [0.25, 0.3) is 11.3 Å². The first-order valence-electron chi connectivity index (χ1n) is 8.13. The van der Waals surface area contributed by atoms with Crippen LogP contribution in [0.5, 0.6) is 0 Å². The van der Waals surface area contributed by atoms with Gasteiger partial charge in [0.2, 0.25) is 0 Å². The first-order chi connectivity index (χ1) is 11.7. The number of nitrogens with zero attached hydrogens (tertiary/aromatic N) is 2. The standard InChI is InChI=1S/C19H23N3OS/c1-14-5-6-16(10-15(14)2)19-17(11-20-21-19)12-22(7-8-23)13-18-4-3-9-24-18/h3-6,9-11,23H,7-8,12-13H2,1-2H3,(H,20,21). The lowest BCUT2D eigenvalue weighted by Crippen LogP contribution is -2.25. The van der Waals surface area contributed by atoms with Crippen molar-refractivity contribution in [3.8, 4) is 11.3 Å². The number of aliphatic hydroxyl groups excluding tert-OH is 1. The third-order valence-electron chi connectivity index (χ3n) is 4.28. The highest BCUT2D eigenvalue weighted by Gasteiger charge is 2.13. The van der Waals surface area contributed by atoms with Gasteiger partial charge in [0.05, 0.1) is 18.5 Å². The number of hydrogen-bond donors (Lipinski definition) is 2. The molecule has 0 unspecified atom stereocenters. The van der Waals surface area contributed by atoms with E-state index >= 15 is 0 Å². The number of thiophene rings is 1. The maximum absolute atomic E-state index is 9.39. The minimum Gasteiger partial charge on any atom is -0.395 e. The lowest BCUT2D eigenvalue weighted by molar-refractivity contribution is 0.185. The number of nitrogens with one attached hydrogen (secondary N) is 1. The molecule has 2 aromatic heterocycles. The quantitative estimate of drug-likeness (QED) is 0.688. The lowest BCUT2D eigenvalue weighted by Gasteiger charge is -2.20. The molecule has 3 aromatic rings. The highest BCUT2D eigenvalue weighted by atomic mass is 32.1. The Kier molecular flexibility index (Phi) is 5.45. The summed E-state index contributed by atoms with van der Waals surface area (Å²) in [4.78, 5) is 3.56. The van der Waals surface area contributed by atoms with Crippen molar-refractivity contribution in [2.75, 3.05) is 13.2 Å². The van der Waals surface area contributed by atoms with Crippen LogP contribution in [0.2, 0.25) is 0 Å². The first kappa shape index (κ1) is 16.9. The SMILES string of the molecule is Cc1ccc(-c2[nH]ncc2CN(CCO)Cc2cccs2)cc1C. The number of benzene rings is 1. The third-order valence-corrected chi connectivity index (χ3v) is 5.14. The summed E-state index contributed by atoms with van der Waals surface area (Å²) in [5, 5.41) is 18.9. The third kappa shape index (κ3) is 3.93. The number of hydrogen-bond acceptors (Lipinski definition) is 4. The van der Waals surface area contributed by atoms with Gasteiger partial charge in [-0.2, -0.15) is 5.10 Å². The molecule has 5 heteroatoms. The fourth-order valence-electron chi connectivity index (χ4n) is 2.80. The Balaban J connectivity index is 1.81. The molecule has 0 bridgehead atoms. The normalized spacial score (nSPS) is 11.3. The molecule has 0 fully saturated rings. The van der Waals surface area contributed by atoms with Crippen molar-refractivity contribution in [2.24, 2.45) is 0 Å². The number of aliphatic hydroxyl groups is 1.